The zero-order chi connectivity index (χ0) is 21.7. The summed E-state index contributed by atoms with van der Waals surface area (Å²) in [5, 5.41) is 0. The first kappa shape index (κ1) is 23.5. The molecule has 3 rings (SSSR count). The summed E-state index contributed by atoms with van der Waals surface area (Å²) >= 11 is 6.33. The second-order valence-electron chi connectivity index (χ2n) is 7.88. The lowest BCUT2D eigenvalue weighted by Crippen LogP contribution is -2.43. The number of rotatable bonds is 7. The van der Waals surface area contributed by atoms with Crippen molar-refractivity contribution in [1.29, 1.82) is 0 Å². The number of likely N-dealkylation sites (tertiary alicyclic amines) is 1. The first-order valence-corrected chi connectivity index (χ1v) is 12.8. The van der Waals surface area contributed by atoms with Gasteiger partial charge in [-0.25, -0.2) is 0 Å². The maximum absolute atomic E-state index is 12.5. The zero-order valence-electron chi connectivity index (χ0n) is 17.6. The Kier molecular flexibility index (Phi) is 8.56. The predicted molar refractivity (Wildman–Crippen MR) is 127 cm³/mol. The Morgan fingerprint density at radius 3 is 2.70 bits per heavy atom. The predicted octanol–water partition coefficient (Wildman–Crippen LogP) is 3.78. The lowest BCUT2D eigenvalue weighted by atomic mass is 9.92. The monoisotopic (exact) mass is 513 g/mol. The number of amides is 2. The molecule has 2 aromatic rings. The van der Waals surface area contributed by atoms with Crippen molar-refractivity contribution in [2.45, 2.75) is 26.8 Å². The number of halogens is 1. The lowest BCUT2D eigenvalue weighted by Gasteiger charge is -2.35. The fourth-order valence-corrected chi connectivity index (χ4v) is 6.18. The Labute approximate surface area is 193 Å². The largest absolute Gasteiger partial charge is 0.383 e. The molecule has 1 aromatic carbocycles. The fraction of sp³-hybridized carbons (Fsp3) is 0.571. The molecule has 164 valence electrons. The third-order valence-electron chi connectivity index (χ3n) is 5.06. The molecule has 0 N–H and O–H groups in total. The lowest BCUT2D eigenvalue weighted by molar-refractivity contribution is -0.130. The minimum atomic E-state index is -0.218. The molecule has 2 unspecified atom stereocenters. The summed E-state index contributed by atoms with van der Waals surface area (Å²) in [7, 11) is 1.66. The molecule has 1 saturated heterocycles. The Bertz CT molecular complexity index is 962. The number of nitrogens with zero attached hydrogens (tertiary/aromatic N) is 3. The van der Waals surface area contributed by atoms with E-state index in [0.29, 0.717) is 35.5 Å². The van der Waals surface area contributed by atoms with Crippen molar-refractivity contribution in [1.82, 2.24) is 9.47 Å². The maximum Gasteiger partial charge on any atom is 0.258 e. The molecule has 2 amide bonds. The highest BCUT2D eigenvalue weighted by molar-refractivity contribution is 9.10. The van der Waals surface area contributed by atoms with E-state index in [0.717, 1.165) is 27.8 Å². The van der Waals surface area contributed by atoms with E-state index in [1.54, 1.807) is 7.11 Å². The minimum absolute atomic E-state index is 0.119. The van der Waals surface area contributed by atoms with Gasteiger partial charge in [-0.3, -0.25) is 9.59 Å². The first-order chi connectivity index (χ1) is 14.4. The van der Waals surface area contributed by atoms with Crippen molar-refractivity contribution < 1.29 is 14.3 Å². The molecule has 6 nitrogen and oxygen atoms in total. The molecule has 30 heavy (non-hydrogen) atoms. The van der Waals surface area contributed by atoms with Crippen LogP contribution in [0.5, 0.6) is 0 Å². The summed E-state index contributed by atoms with van der Waals surface area (Å²) < 4.78 is 9.28. The van der Waals surface area contributed by atoms with E-state index >= 15 is 0 Å². The van der Waals surface area contributed by atoms with Gasteiger partial charge in [-0.05, 0) is 36.5 Å². The molecule has 1 aliphatic rings. The topological polar surface area (TPSA) is 63.9 Å². The molecule has 0 radical (unpaired) electrons. The second kappa shape index (κ2) is 10.9. The quantitative estimate of drug-likeness (QED) is 0.565. The molecule has 0 spiro atoms. The molecule has 1 aliphatic heterocycles. The number of thioether (sulfide) groups is 1. The number of ether oxygens (including phenoxy) is 1. The summed E-state index contributed by atoms with van der Waals surface area (Å²) in [5.41, 5.74) is 1.03. The molecular formula is C21H28BrN3O3S2. The van der Waals surface area contributed by atoms with E-state index in [1.165, 1.54) is 29.5 Å². The molecule has 9 heteroatoms. The van der Waals surface area contributed by atoms with Crippen LogP contribution in [0.2, 0.25) is 0 Å². The number of carbonyl (C=O) groups is 2. The Morgan fingerprint density at radius 2 is 2.00 bits per heavy atom. The average Bonchev–Trinajstić information content (AvgIpc) is 3.01. The molecular weight excluding hydrogens is 486 g/mol. The molecule has 0 saturated carbocycles. The van der Waals surface area contributed by atoms with Gasteiger partial charge in [-0.2, -0.15) is 4.99 Å². The SMILES string of the molecule is COCCn1c(=NC(=O)CSCC(=O)N2CC(C)CC(C)C2)sc2cc(Br)ccc21. The van der Waals surface area contributed by atoms with Gasteiger partial charge in [-0.15, -0.1) is 11.8 Å². The fourth-order valence-electron chi connectivity index (χ4n) is 3.85. The van der Waals surface area contributed by atoms with Crippen molar-refractivity contribution in [3.8, 4) is 0 Å². The van der Waals surface area contributed by atoms with Crippen LogP contribution in [0, 0.1) is 11.8 Å². The number of fused-ring (bicyclic) bond motifs is 1. The van der Waals surface area contributed by atoms with Crippen LogP contribution in [0.15, 0.2) is 27.7 Å². The van der Waals surface area contributed by atoms with Crippen molar-refractivity contribution in [3.05, 3.63) is 27.5 Å². The van der Waals surface area contributed by atoms with Gasteiger partial charge < -0.3 is 14.2 Å². The van der Waals surface area contributed by atoms with E-state index in [9.17, 15) is 9.59 Å². The minimum Gasteiger partial charge on any atom is -0.383 e. The van der Waals surface area contributed by atoms with Crippen LogP contribution in [0.1, 0.15) is 20.3 Å². The Hall–Kier alpha value is -1.16. The summed E-state index contributed by atoms with van der Waals surface area (Å²) in [4.78, 5) is 31.9. The number of benzene rings is 1. The average molecular weight is 515 g/mol. The summed E-state index contributed by atoms with van der Waals surface area (Å²) in [6.45, 7) is 7.18. The Balaban J connectivity index is 1.64. The highest BCUT2D eigenvalue weighted by atomic mass is 79.9. The van der Waals surface area contributed by atoms with E-state index in [2.05, 4.69) is 34.8 Å². The standard InChI is InChI=1S/C21H28BrN3O3S2/c1-14-8-15(2)11-24(10-14)20(27)13-29-12-19(26)23-21-25(6-7-28-3)17-5-4-16(22)9-18(17)30-21/h4-5,9,14-15H,6-8,10-13H2,1-3H3. The normalized spacial score (nSPS) is 20.1. The van der Waals surface area contributed by atoms with Crippen molar-refractivity contribution >= 4 is 61.1 Å². The van der Waals surface area contributed by atoms with Gasteiger partial charge in [0.1, 0.15) is 0 Å². The zero-order valence-corrected chi connectivity index (χ0v) is 20.8. The summed E-state index contributed by atoms with van der Waals surface area (Å²) in [6, 6.07) is 6.03. The summed E-state index contributed by atoms with van der Waals surface area (Å²) in [6.07, 6.45) is 1.17. The maximum atomic E-state index is 12.5. The van der Waals surface area contributed by atoms with E-state index in [4.69, 9.17) is 4.74 Å². The van der Waals surface area contributed by atoms with Crippen LogP contribution < -0.4 is 4.80 Å². The third kappa shape index (κ3) is 6.18. The van der Waals surface area contributed by atoms with Gasteiger partial charge in [0.15, 0.2) is 4.80 Å². The molecule has 0 aliphatic carbocycles. The van der Waals surface area contributed by atoms with Crippen molar-refractivity contribution in [3.63, 3.8) is 0 Å². The van der Waals surface area contributed by atoms with Crippen LogP contribution in [-0.4, -0.2) is 59.6 Å². The highest BCUT2D eigenvalue weighted by Crippen LogP contribution is 2.23. The van der Waals surface area contributed by atoms with Gasteiger partial charge >= 0.3 is 0 Å². The third-order valence-corrected chi connectivity index (χ3v) is 7.49. The van der Waals surface area contributed by atoms with Gasteiger partial charge in [0, 0.05) is 31.2 Å². The van der Waals surface area contributed by atoms with E-state index < -0.39 is 0 Å². The smallest absolute Gasteiger partial charge is 0.258 e. The van der Waals surface area contributed by atoms with Gasteiger partial charge in [-0.1, -0.05) is 41.1 Å². The summed E-state index contributed by atoms with van der Waals surface area (Å²) in [5.74, 6) is 1.50. The van der Waals surface area contributed by atoms with Crippen LogP contribution in [0.4, 0.5) is 0 Å². The Morgan fingerprint density at radius 1 is 1.27 bits per heavy atom. The van der Waals surface area contributed by atoms with E-state index in [-0.39, 0.29) is 17.6 Å². The van der Waals surface area contributed by atoms with Crippen molar-refractivity contribution in [2.24, 2.45) is 16.8 Å². The van der Waals surface area contributed by atoms with Crippen LogP contribution in [0.3, 0.4) is 0 Å². The van der Waals surface area contributed by atoms with Gasteiger partial charge in [0.2, 0.25) is 5.91 Å². The van der Waals surface area contributed by atoms with Crippen LogP contribution in [0.25, 0.3) is 10.2 Å². The number of hydrogen-bond donors (Lipinski definition) is 0. The molecule has 1 aromatic heterocycles. The molecule has 0 bridgehead atoms. The van der Waals surface area contributed by atoms with Crippen LogP contribution >= 0.6 is 39.0 Å². The van der Waals surface area contributed by atoms with E-state index in [1.807, 2.05) is 27.7 Å². The number of aromatic nitrogens is 1. The number of piperidine rings is 1. The van der Waals surface area contributed by atoms with Gasteiger partial charge in [0.05, 0.1) is 28.3 Å². The van der Waals surface area contributed by atoms with Crippen LogP contribution in [-0.2, 0) is 20.9 Å². The number of methoxy groups -OCH3 is 1. The number of carbonyl (C=O) groups excluding carboxylic acids is 2. The second-order valence-corrected chi connectivity index (χ2v) is 10.8. The molecule has 2 atom stereocenters. The molecule has 1 fully saturated rings. The first-order valence-electron chi connectivity index (χ1n) is 10.1. The van der Waals surface area contributed by atoms with Gasteiger partial charge in [0.25, 0.3) is 5.91 Å². The highest BCUT2D eigenvalue weighted by Gasteiger charge is 2.25. The number of hydrogen-bond acceptors (Lipinski definition) is 5. The molecule has 2 heterocycles. The number of thiazole rings is 1. The van der Waals surface area contributed by atoms with Crippen molar-refractivity contribution in [2.75, 3.05) is 38.3 Å².